The van der Waals surface area contributed by atoms with Gasteiger partial charge in [0.05, 0.1) is 20.3 Å². The summed E-state index contributed by atoms with van der Waals surface area (Å²) in [7, 11) is 1.32. The van der Waals surface area contributed by atoms with Gasteiger partial charge in [-0.3, -0.25) is 0 Å². The molecule has 0 aliphatic rings. The van der Waals surface area contributed by atoms with E-state index in [1.54, 1.807) is 0 Å². The van der Waals surface area contributed by atoms with E-state index in [0.717, 1.165) is 37.6 Å². The van der Waals surface area contributed by atoms with Crippen molar-refractivity contribution in [2.45, 2.75) is 29.9 Å². The highest BCUT2D eigenvalue weighted by molar-refractivity contribution is 7.99. The lowest BCUT2D eigenvalue weighted by Crippen LogP contribution is -2.12. The van der Waals surface area contributed by atoms with Gasteiger partial charge in [0, 0.05) is 20.9 Å². The minimum Gasteiger partial charge on any atom is -0.482 e. The second-order valence-electron chi connectivity index (χ2n) is 8.60. The third-order valence-electron chi connectivity index (χ3n) is 5.78. The number of aliphatic hydroxyl groups excluding tert-OH is 2. The Balaban J connectivity index is 1.67. The van der Waals surface area contributed by atoms with Gasteiger partial charge in [-0.25, -0.2) is 9.78 Å². The predicted octanol–water partition coefficient (Wildman–Crippen LogP) is 4.88. The van der Waals surface area contributed by atoms with Crippen molar-refractivity contribution in [3.05, 3.63) is 118 Å². The van der Waals surface area contributed by atoms with Gasteiger partial charge in [0.1, 0.15) is 17.1 Å². The summed E-state index contributed by atoms with van der Waals surface area (Å²) in [5.74, 6) is 12.6. The van der Waals surface area contributed by atoms with E-state index in [-0.39, 0.29) is 19.8 Å². The maximum atomic E-state index is 11.4. The molecule has 40 heavy (non-hydrogen) atoms. The summed E-state index contributed by atoms with van der Waals surface area (Å²) in [6.07, 6.45) is 0. The molecule has 0 unspecified atom stereocenters. The van der Waals surface area contributed by atoms with Crippen molar-refractivity contribution in [1.29, 1.82) is 0 Å². The van der Waals surface area contributed by atoms with Gasteiger partial charge in [0.2, 0.25) is 0 Å². The quantitative estimate of drug-likeness (QED) is 0.251. The average molecular weight is 550 g/mol. The van der Waals surface area contributed by atoms with Gasteiger partial charge in [-0.05, 0) is 77.9 Å². The Morgan fingerprint density at radius 1 is 0.800 bits per heavy atom. The van der Waals surface area contributed by atoms with E-state index in [9.17, 15) is 15.0 Å². The van der Waals surface area contributed by atoms with Crippen LogP contribution in [0.1, 0.15) is 39.2 Å². The molecular formula is C33H27NO5S. The number of aliphatic hydroxyl groups is 2. The molecule has 1 aromatic heterocycles. The topological polar surface area (TPSA) is 88.9 Å². The molecule has 0 saturated carbocycles. The maximum Gasteiger partial charge on any atom is 0.343 e. The van der Waals surface area contributed by atoms with Crippen LogP contribution in [0.15, 0.2) is 88.7 Å². The SMILES string of the molecule is COC(=O)COc1ccc(Sc2cc(C#Cc3ccccc3CO)nc(C#Cc3ccccc3CO)c2)cc1C. The van der Waals surface area contributed by atoms with Crippen molar-refractivity contribution >= 4 is 17.7 Å². The van der Waals surface area contributed by atoms with Gasteiger partial charge in [-0.1, -0.05) is 60.0 Å². The first kappa shape index (κ1) is 28.5. The molecule has 1 heterocycles. The number of ether oxygens (including phenoxy) is 2. The van der Waals surface area contributed by atoms with Crippen LogP contribution in [0.25, 0.3) is 0 Å². The number of esters is 1. The number of methoxy groups -OCH3 is 1. The van der Waals surface area contributed by atoms with E-state index in [0.29, 0.717) is 17.1 Å². The zero-order valence-corrected chi connectivity index (χ0v) is 22.9. The van der Waals surface area contributed by atoms with Crippen LogP contribution in [-0.4, -0.2) is 34.9 Å². The highest BCUT2D eigenvalue weighted by Crippen LogP contribution is 2.32. The van der Waals surface area contributed by atoms with Crippen molar-refractivity contribution in [3.8, 4) is 29.4 Å². The molecule has 0 spiro atoms. The number of aromatic nitrogens is 1. The number of rotatable bonds is 7. The first-order valence-electron chi connectivity index (χ1n) is 12.4. The van der Waals surface area contributed by atoms with Gasteiger partial charge in [0.15, 0.2) is 6.61 Å². The van der Waals surface area contributed by atoms with Gasteiger partial charge < -0.3 is 19.7 Å². The Labute approximate surface area is 238 Å². The van der Waals surface area contributed by atoms with Crippen molar-refractivity contribution in [3.63, 3.8) is 0 Å². The normalized spacial score (nSPS) is 10.1. The predicted molar refractivity (Wildman–Crippen MR) is 154 cm³/mol. The van der Waals surface area contributed by atoms with Crippen molar-refractivity contribution in [1.82, 2.24) is 4.98 Å². The van der Waals surface area contributed by atoms with Gasteiger partial charge in [0.25, 0.3) is 0 Å². The van der Waals surface area contributed by atoms with Crippen LogP contribution >= 0.6 is 11.8 Å². The van der Waals surface area contributed by atoms with Crippen LogP contribution in [0.3, 0.4) is 0 Å². The van der Waals surface area contributed by atoms with Crippen molar-refractivity contribution in [2.75, 3.05) is 13.7 Å². The van der Waals surface area contributed by atoms with Crippen molar-refractivity contribution < 1.29 is 24.5 Å². The summed E-state index contributed by atoms with van der Waals surface area (Å²) in [4.78, 5) is 17.9. The minimum absolute atomic E-state index is 0.103. The molecule has 0 amide bonds. The fourth-order valence-corrected chi connectivity index (χ4v) is 4.68. The summed E-state index contributed by atoms with van der Waals surface area (Å²) in [5.41, 5.74) is 4.89. The number of benzene rings is 3. The number of nitrogens with zero attached hydrogens (tertiary/aromatic N) is 1. The van der Waals surface area contributed by atoms with Crippen LogP contribution in [0.5, 0.6) is 5.75 Å². The van der Waals surface area contributed by atoms with Gasteiger partial charge >= 0.3 is 5.97 Å². The highest BCUT2D eigenvalue weighted by Gasteiger charge is 2.08. The Kier molecular flexibility index (Phi) is 9.99. The van der Waals surface area contributed by atoms with Crippen molar-refractivity contribution in [2.24, 2.45) is 0 Å². The fourth-order valence-electron chi connectivity index (χ4n) is 3.69. The minimum atomic E-state index is -0.444. The third kappa shape index (κ3) is 7.75. The molecule has 0 atom stereocenters. The van der Waals surface area contributed by atoms with Crippen LogP contribution in [0.2, 0.25) is 0 Å². The number of pyridine rings is 1. The molecular weight excluding hydrogens is 522 g/mol. The maximum absolute atomic E-state index is 11.4. The first-order chi connectivity index (χ1) is 19.5. The lowest BCUT2D eigenvalue weighted by molar-refractivity contribution is -0.142. The van der Waals surface area contributed by atoms with Crippen LogP contribution in [0, 0.1) is 30.6 Å². The lowest BCUT2D eigenvalue weighted by atomic mass is 10.1. The van der Waals surface area contributed by atoms with Crippen LogP contribution in [-0.2, 0) is 22.7 Å². The second-order valence-corrected chi connectivity index (χ2v) is 9.74. The largest absolute Gasteiger partial charge is 0.482 e. The Morgan fingerprint density at radius 2 is 1.38 bits per heavy atom. The monoisotopic (exact) mass is 549 g/mol. The Bertz CT molecular complexity index is 1560. The number of aryl methyl sites for hydroxylation is 1. The summed E-state index contributed by atoms with van der Waals surface area (Å²) in [5, 5.41) is 19.3. The third-order valence-corrected chi connectivity index (χ3v) is 6.74. The first-order valence-corrected chi connectivity index (χ1v) is 13.2. The lowest BCUT2D eigenvalue weighted by Gasteiger charge is -2.10. The number of carbonyl (C=O) groups is 1. The van der Waals surface area contributed by atoms with E-state index >= 15 is 0 Å². The molecule has 2 N–H and O–H groups in total. The van der Waals surface area contributed by atoms with Crippen LogP contribution < -0.4 is 4.74 Å². The zero-order chi connectivity index (χ0) is 28.3. The van der Waals surface area contributed by atoms with Gasteiger partial charge in [-0.2, -0.15) is 0 Å². The van der Waals surface area contributed by atoms with Gasteiger partial charge in [-0.15, -0.1) is 0 Å². The number of carbonyl (C=O) groups excluding carboxylic acids is 1. The summed E-state index contributed by atoms with van der Waals surface area (Å²) in [6.45, 7) is 1.55. The Hall–Kier alpha value is -4.53. The molecule has 0 bridgehead atoms. The molecule has 4 aromatic rings. The van der Waals surface area contributed by atoms with E-state index in [2.05, 4.69) is 33.4 Å². The molecule has 200 valence electrons. The summed E-state index contributed by atoms with van der Waals surface area (Å²) >= 11 is 1.52. The molecule has 3 aromatic carbocycles. The molecule has 0 aliphatic heterocycles. The Morgan fingerprint density at radius 3 is 1.90 bits per heavy atom. The molecule has 0 aliphatic carbocycles. The smallest absolute Gasteiger partial charge is 0.343 e. The standard InChI is InChI=1S/C33H27NO5S/c1-23-17-30(15-16-32(23)39-22-33(37)38-2)40-31-18-28(13-11-24-7-3-5-9-26(24)20-35)34-29(19-31)14-12-25-8-4-6-10-27(25)21-36/h3-10,15-19,35-36H,20-22H2,1-2H3. The van der Waals surface area contributed by atoms with E-state index in [4.69, 9.17) is 4.74 Å². The molecule has 7 heteroatoms. The highest BCUT2D eigenvalue weighted by atomic mass is 32.2. The number of hydrogen-bond donors (Lipinski definition) is 2. The molecule has 0 radical (unpaired) electrons. The molecule has 4 rings (SSSR count). The van der Waals surface area contributed by atoms with E-state index < -0.39 is 5.97 Å². The number of hydrogen-bond acceptors (Lipinski definition) is 7. The molecule has 0 fully saturated rings. The summed E-state index contributed by atoms with van der Waals surface area (Å²) in [6, 6.07) is 24.3. The average Bonchev–Trinajstić information content (AvgIpc) is 2.98. The van der Waals surface area contributed by atoms with E-state index in [1.807, 2.05) is 85.8 Å². The van der Waals surface area contributed by atoms with E-state index in [1.165, 1.54) is 18.9 Å². The zero-order valence-electron chi connectivity index (χ0n) is 22.1. The molecule has 6 nitrogen and oxygen atoms in total. The fraction of sp³-hybridized carbons (Fsp3) is 0.152. The molecule has 0 saturated heterocycles. The summed E-state index contributed by atoms with van der Waals surface area (Å²) < 4.78 is 10.2. The second kappa shape index (κ2) is 14.0. The van der Waals surface area contributed by atoms with Crippen LogP contribution in [0.4, 0.5) is 0 Å².